The van der Waals surface area contributed by atoms with Crippen molar-refractivity contribution in [2.24, 2.45) is 0 Å². The summed E-state index contributed by atoms with van der Waals surface area (Å²) in [5.41, 5.74) is 5.95. The number of nitrogens with zero attached hydrogens (tertiary/aromatic N) is 5. The van der Waals surface area contributed by atoms with Crippen molar-refractivity contribution in [2.45, 2.75) is 39.2 Å². The first kappa shape index (κ1) is 21.1. The monoisotopic (exact) mass is 440 g/mol. The molecule has 7 nitrogen and oxygen atoms in total. The summed E-state index contributed by atoms with van der Waals surface area (Å²) in [6.07, 6.45) is 5.54. The van der Waals surface area contributed by atoms with Crippen LogP contribution in [0.25, 0.3) is 11.0 Å². The number of aromatic nitrogens is 4. The van der Waals surface area contributed by atoms with E-state index in [0.29, 0.717) is 13.1 Å². The number of carbonyl (C=O) groups excluding carboxylic acids is 1. The number of rotatable bonds is 5. The van der Waals surface area contributed by atoms with E-state index in [4.69, 9.17) is 4.98 Å². The first-order chi connectivity index (χ1) is 16.1. The van der Waals surface area contributed by atoms with Crippen LogP contribution in [-0.4, -0.2) is 43.4 Å². The van der Waals surface area contributed by atoms with Crippen molar-refractivity contribution in [2.75, 3.05) is 18.4 Å². The molecular weight excluding hydrogens is 412 g/mol. The maximum atomic E-state index is 13.1. The molecule has 1 saturated heterocycles. The predicted octanol–water partition coefficient (Wildman–Crippen LogP) is 4.59. The number of imidazole rings is 1. The topological polar surface area (TPSA) is 75.9 Å². The van der Waals surface area contributed by atoms with Gasteiger partial charge in [0, 0.05) is 42.3 Å². The summed E-state index contributed by atoms with van der Waals surface area (Å²) < 4.78 is 1.93. The Kier molecular flexibility index (Phi) is 5.77. The number of fused-ring (bicyclic) bond motifs is 1. The SMILES string of the molecule is Cc1cc(Nc2ncccc2C)cc([C@H]2CCCN(C(=O)Cn3cnc4ccccc43)C2)n1. The number of anilines is 2. The fourth-order valence-electron chi connectivity index (χ4n) is 4.56. The molecule has 4 heterocycles. The van der Waals surface area contributed by atoms with E-state index in [0.717, 1.165) is 58.9 Å². The summed E-state index contributed by atoms with van der Waals surface area (Å²) in [6.45, 7) is 5.82. The van der Waals surface area contributed by atoms with Crippen LogP contribution in [0, 0.1) is 13.8 Å². The van der Waals surface area contributed by atoms with Gasteiger partial charge in [-0.15, -0.1) is 0 Å². The van der Waals surface area contributed by atoms with Gasteiger partial charge in [0.15, 0.2) is 0 Å². The van der Waals surface area contributed by atoms with Crippen LogP contribution in [0.5, 0.6) is 0 Å². The molecule has 0 radical (unpaired) electrons. The van der Waals surface area contributed by atoms with Crippen LogP contribution in [0.1, 0.15) is 35.7 Å². The second-order valence-electron chi connectivity index (χ2n) is 8.76. The van der Waals surface area contributed by atoms with Crippen LogP contribution < -0.4 is 5.32 Å². The van der Waals surface area contributed by atoms with Crippen molar-refractivity contribution in [1.82, 2.24) is 24.4 Å². The molecule has 0 bridgehead atoms. The molecule has 0 spiro atoms. The summed E-state index contributed by atoms with van der Waals surface area (Å²) in [5, 5.41) is 3.43. The fourth-order valence-corrected chi connectivity index (χ4v) is 4.56. The van der Waals surface area contributed by atoms with Crippen molar-refractivity contribution >= 4 is 28.4 Å². The maximum Gasteiger partial charge on any atom is 0.242 e. The van der Waals surface area contributed by atoms with Crippen LogP contribution in [0.3, 0.4) is 0 Å². The van der Waals surface area contributed by atoms with E-state index in [-0.39, 0.29) is 11.8 Å². The number of amides is 1. The second kappa shape index (κ2) is 9.02. The average Bonchev–Trinajstić information content (AvgIpc) is 3.23. The van der Waals surface area contributed by atoms with Gasteiger partial charge in [-0.25, -0.2) is 9.97 Å². The molecule has 1 fully saturated rings. The zero-order valence-electron chi connectivity index (χ0n) is 19.0. The van der Waals surface area contributed by atoms with Gasteiger partial charge < -0.3 is 14.8 Å². The van der Waals surface area contributed by atoms with Crippen LogP contribution in [0.4, 0.5) is 11.5 Å². The predicted molar refractivity (Wildman–Crippen MR) is 130 cm³/mol. The fraction of sp³-hybridized carbons (Fsp3) is 0.308. The Morgan fingerprint density at radius 1 is 1.12 bits per heavy atom. The third-order valence-electron chi connectivity index (χ3n) is 6.27. The number of hydrogen-bond acceptors (Lipinski definition) is 5. The van der Waals surface area contributed by atoms with Gasteiger partial charge in [-0.1, -0.05) is 18.2 Å². The van der Waals surface area contributed by atoms with Crippen LogP contribution >= 0.6 is 0 Å². The highest BCUT2D eigenvalue weighted by atomic mass is 16.2. The number of pyridine rings is 2. The summed E-state index contributed by atoms with van der Waals surface area (Å²) >= 11 is 0. The van der Waals surface area contributed by atoms with Gasteiger partial charge in [0.05, 0.1) is 17.4 Å². The van der Waals surface area contributed by atoms with Gasteiger partial charge in [-0.05, 0) is 62.6 Å². The van der Waals surface area contributed by atoms with Crippen LogP contribution in [0.2, 0.25) is 0 Å². The number of carbonyl (C=O) groups is 1. The zero-order chi connectivity index (χ0) is 22.8. The molecular formula is C26H28N6O. The number of hydrogen-bond donors (Lipinski definition) is 1. The standard InChI is InChI=1S/C26H28N6O/c1-18-7-5-11-27-26(18)30-21-13-19(2)29-23(14-21)20-8-6-12-31(15-20)25(33)16-32-17-28-22-9-3-4-10-24(22)32/h3-5,7,9-11,13-14,17,20H,6,8,12,15-16H2,1-2H3,(H,27,29,30)/t20-/m0/s1. The van der Waals surface area contributed by atoms with Gasteiger partial charge in [0.25, 0.3) is 0 Å². The maximum absolute atomic E-state index is 13.1. The Labute approximate surface area is 193 Å². The number of para-hydroxylation sites is 2. The van der Waals surface area contributed by atoms with Gasteiger partial charge in [0.2, 0.25) is 5.91 Å². The number of benzene rings is 1. The van der Waals surface area contributed by atoms with E-state index < -0.39 is 0 Å². The Morgan fingerprint density at radius 2 is 2.00 bits per heavy atom. The molecule has 1 aromatic carbocycles. The lowest BCUT2D eigenvalue weighted by Crippen LogP contribution is -2.41. The van der Waals surface area contributed by atoms with Gasteiger partial charge in [0.1, 0.15) is 12.4 Å². The Bertz CT molecular complexity index is 1300. The van der Waals surface area contributed by atoms with Crippen LogP contribution in [-0.2, 0) is 11.3 Å². The molecule has 1 N–H and O–H groups in total. The molecule has 0 aliphatic carbocycles. The molecule has 1 aliphatic rings. The molecule has 168 valence electrons. The van der Waals surface area contributed by atoms with Gasteiger partial charge in [-0.3, -0.25) is 9.78 Å². The Hall–Kier alpha value is -3.74. The molecule has 3 aromatic heterocycles. The van der Waals surface area contributed by atoms with E-state index in [1.807, 2.05) is 65.8 Å². The quantitative estimate of drug-likeness (QED) is 0.491. The summed E-state index contributed by atoms with van der Waals surface area (Å²) in [5.74, 6) is 1.19. The minimum Gasteiger partial charge on any atom is -0.340 e. The van der Waals surface area contributed by atoms with Gasteiger partial charge in [-0.2, -0.15) is 0 Å². The lowest BCUT2D eigenvalue weighted by molar-refractivity contribution is -0.133. The Morgan fingerprint density at radius 3 is 2.88 bits per heavy atom. The average molecular weight is 441 g/mol. The highest BCUT2D eigenvalue weighted by Crippen LogP contribution is 2.29. The minimum absolute atomic E-state index is 0.123. The second-order valence-corrected chi connectivity index (χ2v) is 8.76. The third-order valence-corrected chi connectivity index (χ3v) is 6.27. The Balaban J connectivity index is 1.31. The van der Waals surface area contributed by atoms with Crippen molar-refractivity contribution in [3.63, 3.8) is 0 Å². The van der Waals surface area contributed by atoms with E-state index >= 15 is 0 Å². The zero-order valence-corrected chi connectivity index (χ0v) is 19.0. The normalized spacial score (nSPS) is 16.2. The lowest BCUT2D eigenvalue weighted by Gasteiger charge is -2.33. The number of likely N-dealkylation sites (tertiary alicyclic amines) is 1. The molecule has 1 amide bonds. The number of nitrogens with one attached hydrogen (secondary N) is 1. The molecule has 7 heteroatoms. The van der Waals surface area contributed by atoms with E-state index in [2.05, 4.69) is 21.4 Å². The number of piperidine rings is 1. The van der Waals surface area contributed by atoms with Gasteiger partial charge >= 0.3 is 0 Å². The lowest BCUT2D eigenvalue weighted by atomic mass is 9.93. The first-order valence-corrected chi connectivity index (χ1v) is 11.4. The van der Waals surface area contributed by atoms with Crippen molar-refractivity contribution in [3.05, 3.63) is 78.0 Å². The molecule has 0 saturated carbocycles. The van der Waals surface area contributed by atoms with E-state index in [1.54, 1.807) is 12.5 Å². The highest BCUT2D eigenvalue weighted by Gasteiger charge is 2.26. The summed E-state index contributed by atoms with van der Waals surface area (Å²) in [7, 11) is 0. The molecule has 33 heavy (non-hydrogen) atoms. The summed E-state index contributed by atoms with van der Waals surface area (Å²) in [6, 6.07) is 16.0. The van der Waals surface area contributed by atoms with E-state index in [1.165, 1.54) is 0 Å². The third kappa shape index (κ3) is 4.58. The largest absolute Gasteiger partial charge is 0.340 e. The van der Waals surface area contributed by atoms with Crippen molar-refractivity contribution in [1.29, 1.82) is 0 Å². The first-order valence-electron chi connectivity index (χ1n) is 11.4. The molecule has 4 aromatic rings. The van der Waals surface area contributed by atoms with Crippen molar-refractivity contribution in [3.8, 4) is 0 Å². The molecule has 0 unspecified atom stereocenters. The molecule has 1 aliphatic heterocycles. The number of aryl methyl sites for hydroxylation is 2. The van der Waals surface area contributed by atoms with E-state index in [9.17, 15) is 4.79 Å². The minimum atomic E-state index is 0.123. The smallest absolute Gasteiger partial charge is 0.242 e. The van der Waals surface area contributed by atoms with Crippen LogP contribution in [0.15, 0.2) is 61.1 Å². The summed E-state index contributed by atoms with van der Waals surface area (Å²) in [4.78, 5) is 28.8. The highest BCUT2D eigenvalue weighted by molar-refractivity contribution is 5.80. The molecule has 5 rings (SSSR count). The molecule has 1 atom stereocenters. The van der Waals surface area contributed by atoms with Crippen molar-refractivity contribution < 1.29 is 4.79 Å².